The quantitative estimate of drug-likeness (QED) is 0.553. The number of hydrogen-bond donors (Lipinski definition) is 0. The van der Waals surface area contributed by atoms with E-state index in [9.17, 15) is 9.18 Å². The first-order chi connectivity index (χ1) is 7.29. The van der Waals surface area contributed by atoms with Gasteiger partial charge in [-0.1, -0.05) is 6.07 Å². The van der Waals surface area contributed by atoms with Crippen molar-refractivity contribution in [3.8, 4) is 5.75 Å². The molecule has 0 fully saturated rings. The molecule has 1 rings (SSSR count). The van der Waals surface area contributed by atoms with Crippen molar-refractivity contribution in [3.05, 3.63) is 29.6 Å². The van der Waals surface area contributed by atoms with E-state index < -0.39 is 5.82 Å². The highest BCUT2D eigenvalue weighted by atomic mass is 32.2. The first kappa shape index (κ1) is 12.0. The molecule has 0 saturated heterocycles. The van der Waals surface area contributed by atoms with Crippen molar-refractivity contribution in [2.45, 2.75) is 6.42 Å². The fraction of sp³-hybridized carbons (Fsp3) is 0.364. The number of carbonyl (C=O) groups excluding carboxylic acids is 1. The van der Waals surface area contributed by atoms with Crippen LogP contribution in [0.2, 0.25) is 0 Å². The van der Waals surface area contributed by atoms with Gasteiger partial charge < -0.3 is 4.74 Å². The van der Waals surface area contributed by atoms with Gasteiger partial charge in [-0.2, -0.15) is 11.8 Å². The van der Waals surface area contributed by atoms with E-state index in [1.165, 1.54) is 12.1 Å². The number of benzene rings is 1. The van der Waals surface area contributed by atoms with Crippen LogP contribution in [0.25, 0.3) is 0 Å². The van der Waals surface area contributed by atoms with E-state index in [1.807, 2.05) is 6.26 Å². The van der Waals surface area contributed by atoms with Crippen LogP contribution in [0.5, 0.6) is 5.75 Å². The smallest absolute Gasteiger partial charge is 0.165 e. The number of aldehydes is 1. The van der Waals surface area contributed by atoms with Crippen LogP contribution in [0.3, 0.4) is 0 Å². The maximum Gasteiger partial charge on any atom is 0.165 e. The van der Waals surface area contributed by atoms with Gasteiger partial charge in [0.15, 0.2) is 17.9 Å². The third-order valence-electron chi connectivity index (χ3n) is 1.86. The summed E-state index contributed by atoms with van der Waals surface area (Å²) in [5.74, 6) is 0.544. The molecule has 0 aliphatic rings. The van der Waals surface area contributed by atoms with Crippen LogP contribution in [0.15, 0.2) is 18.2 Å². The summed E-state index contributed by atoms with van der Waals surface area (Å²) in [6, 6.07) is 4.32. The van der Waals surface area contributed by atoms with Gasteiger partial charge in [-0.3, -0.25) is 4.79 Å². The molecule has 0 heterocycles. The summed E-state index contributed by atoms with van der Waals surface area (Å²) in [6.07, 6.45) is 3.45. The number of para-hydroxylation sites is 1. The van der Waals surface area contributed by atoms with Crippen molar-refractivity contribution in [2.24, 2.45) is 0 Å². The van der Waals surface area contributed by atoms with E-state index in [-0.39, 0.29) is 11.3 Å². The molecule has 2 nitrogen and oxygen atoms in total. The molecule has 0 aliphatic carbocycles. The predicted molar refractivity (Wildman–Crippen MR) is 60.3 cm³/mol. The van der Waals surface area contributed by atoms with Gasteiger partial charge in [-0.15, -0.1) is 0 Å². The molecule has 0 atom stereocenters. The molecule has 0 bridgehead atoms. The monoisotopic (exact) mass is 228 g/mol. The largest absolute Gasteiger partial charge is 0.490 e. The second kappa shape index (κ2) is 6.45. The Balaban J connectivity index is 2.62. The van der Waals surface area contributed by atoms with Crippen LogP contribution in [-0.4, -0.2) is 24.9 Å². The number of ether oxygens (including phenoxy) is 1. The maximum atomic E-state index is 13.3. The molecule has 15 heavy (non-hydrogen) atoms. The Bertz CT molecular complexity index is 328. The number of rotatable bonds is 6. The molecule has 0 aliphatic heterocycles. The number of hydrogen-bond acceptors (Lipinski definition) is 3. The van der Waals surface area contributed by atoms with Gasteiger partial charge in [0.1, 0.15) is 0 Å². The molecular weight excluding hydrogens is 215 g/mol. The molecule has 1 aromatic carbocycles. The van der Waals surface area contributed by atoms with Gasteiger partial charge in [0.2, 0.25) is 0 Å². The highest BCUT2D eigenvalue weighted by Gasteiger charge is 2.08. The van der Waals surface area contributed by atoms with Crippen molar-refractivity contribution < 1.29 is 13.9 Å². The fourth-order valence-electron chi connectivity index (χ4n) is 1.15. The lowest BCUT2D eigenvalue weighted by atomic mass is 10.2. The normalized spacial score (nSPS) is 10.0. The second-order valence-electron chi connectivity index (χ2n) is 2.97. The summed E-state index contributed by atoms with van der Waals surface area (Å²) in [5, 5.41) is 0. The van der Waals surface area contributed by atoms with Crippen molar-refractivity contribution in [1.82, 2.24) is 0 Å². The predicted octanol–water partition coefficient (Wildman–Crippen LogP) is 2.77. The minimum atomic E-state index is -0.483. The Morgan fingerprint density at radius 1 is 1.53 bits per heavy atom. The maximum absolute atomic E-state index is 13.3. The van der Waals surface area contributed by atoms with Gasteiger partial charge in [0.05, 0.1) is 12.2 Å². The molecule has 0 aromatic heterocycles. The third-order valence-corrected chi connectivity index (χ3v) is 2.56. The van der Waals surface area contributed by atoms with Gasteiger partial charge in [0.25, 0.3) is 0 Å². The molecule has 82 valence electrons. The van der Waals surface area contributed by atoms with Crippen molar-refractivity contribution in [2.75, 3.05) is 18.6 Å². The fourth-order valence-corrected chi connectivity index (χ4v) is 1.55. The lowest BCUT2D eigenvalue weighted by Gasteiger charge is -2.08. The van der Waals surface area contributed by atoms with Crippen LogP contribution in [0.1, 0.15) is 16.8 Å². The molecule has 4 heteroatoms. The van der Waals surface area contributed by atoms with Crippen LogP contribution in [-0.2, 0) is 0 Å². The van der Waals surface area contributed by atoms with Crippen LogP contribution in [0.4, 0.5) is 4.39 Å². The summed E-state index contributed by atoms with van der Waals surface area (Å²) >= 11 is 1.71. The number of thioether (sulfide) groups is 1. The zero-order valence-electron chi connectivity index (χ0n) is 8.53. The van der Waals surface area contributed by atoms with Gasteiger partial charge in [-0.05, 0) is 30.6 Å². The second-order valence-corrected chi connectivity index (χ2v) is 3.96. The average Bonchev–Trinajstić information content (AvgIpc) is 2.26. The molecular formula is C11H13FO2S. The van der Waals surface area contributed by atoms with E-state index in [2.05, 4.69) is 0 Å². The topological polar surface area (TPSA) is 26.3 Å². The van der Waals surface area contributed by atoms with E-state index >= 15 is 0 Å². The average molecular weight is 228 g/mol. The SMILES string of the molecule is CSCCCOc1c(F)cccc1C=O. The Hall–Kier alpha value is -1.03. The molecule has 0 unspecified atom stereocenters. The van der Waals surface area contributed by atoms with Gasteiger partial charge in [-0.25, -0.2) is 4.39 Å². The summed E-state index contributed by atoms with van der Waals surface area (Å²) in [4.78, 5) is 10.6. The first-order valence-electron chi connectivity index (χ1n) is 4.65. The Kier molecular flexibility index (Phi) is 5.18. The Labute approximate surface area is 92.8 Å². The van der Waals surface area contributed by atoms with Gasteiger partial charge in [0, 0.05) is 0 Å². The molecule has 0 amide bonds. The van der Waals surface area contributed by atoms with E-state index in [0.29, 0.717) is 12.9 Å². The minimum absolute atomic E-state index is 0.0635. The summed E-state index contributed by atoms with van der Waals surface area (Å²) in [5.41, 5.74) is 0.263. The van der Waals surface area contributed by atoms with Crippen LogP contribution in [0, 0.1) is 5.82 Å². The zero-order chi connectivity index (χ0) is 11.1. The Morgan fingerprint density at radius 3 is 3.00 bits per heavy atom. The first-order valence-corrected chi connectivity index (χ1v) is 6.04. The van der Waals surface area contributed by atoms with Gasteiger partial charge >= 0.3 is 0 Å². The summed E-state index contributed by atoms with van der Waals surface area (Å²) in [6.45, 7) is 0.433. The minimum Gasteiger partial charge on any atom is -0.490 e. The van der Waals surface area contributed by atoms with Crippen molar-refractivity contribution >= 4 is 18.0 Å². The lowest BCUT2D eigenvalue weighted by molar-refractivity contribution is 0.111. The van der Waals surface area contributed by atoms with Crippen molar-refractivity contribution in [1.29, 1.82) is 0 Å². The molecule has 1 aromatic rings. The van der Waals surface area contributed by atoms with E-state index in [1.54, 1.807) is 17.8 Å². The Morgan fingerprint density at radius 2 is 2.33 bits per heavy atom. The number of carbonyl (C=O) groups is 1. The lowest BCUT2D eigenvalue weighted by Crippen LogP contribution is -2.03. The molecule has 0 spiro atoms. The molecule has 0 saturated carbocycles. The van der Waals surface area contributed by atoms with Crippen molar-refractivity contribution in [3.63, 3.8) is 0 Å². The van der Waals surface area contributed by atoms with E-state index in [0.717, 1.165) is 12.2 Å². The zero-order valence-corrected chi connectivity index (χ0v) is 9.35. The standard InChI is InChI=1S/C11H13FO2S/c1-15-7-3-6-14-11-9(8-13)4-2-5-10(11)12/h2,4-5,8H,3,6-7H2,1H3. The highest BCUT2D eigenvalue weighted by molar-refractivity contribution is 7.98. The third kappa shape index (κ3) is 3.55. The van der Waals surface area contributed by atoms with Crippen LogP contribution < -0.4 is 4.74 Å². The molecule has 0 N–H and O–H groups in total. The summed E-state index contributed by atoms with van der Waals surface area (Å²) in [7, 11) is 0. The summed E-state index contributed by atoms with van der Waals surface area (Å²) < 4.78 is 18.5. The molecule has 0 radical (unpaired) electrons. The highest BCUT2D eigenvalue weighted by Crippen LogP contribution is 2.21. The van der Waals surface area contributed by atoms with E-state index in [4.69, 9.17) is 4.74 Å². The van der Waals surface area contributed by atoms with Crippen LogP contribution >= 0.6 is 11.8 Å². The number of halogens is 1.